The van der Waals surface area contributed by atoms with Crippen LogP contribution in [-0.4, -0.2) is 48.5 Å². The maximum absolute atomic E-state index is 11.5. The number of hydrogen-bond acceptors (Lipinski definition) is 6. The molecule has 0 amide bonds. The van der Waals surface area contributed by atoms with E-state index < -0.39 is 30.2 Å². The molecule has 5 rings (SSSR count). The third-order valence-corrected chi connectivity index (χ3v) is 6.78. The van der Waals surface area contributed by atoms with Crippen LogP contribution < -0.4 is 0 Å². The van der Waals surface area contributed by atoms with E-state index in [1.165, 1.54) is 0 Å². The van der Waals surface area contributed by atoms with E-state index in [9.17, 15) is 5.11 Å². The van der Waals surface area contributed by atoms with Crippen LogP contribution in [0.15, 0.2) is 91.0 Å². The largest absolute Gasteiger partial charge is 0.385 e. The first-order valence-corrected chi connectivity index (χ1v) is 12.7. The Kier molecular flexibility index (Phi) is 8.43. The van der Waals surface area contributed by atoms with Crippen molar-refractivity contribution in [3.63, 3.8) is 0 Å². The van der Waals surface area contributed by atoms with Gasteiger partial charge < -0.3 is 28.8 Å². The van der Waals surface area contributed by atoms with Gasteiger partial charge in [0, 0.05) is 6.42 Å². The lowest BCUT2D eigenvalue weighted by Crippen LogP contribution is -2.66. The Bertz CT molecular complexity index is 1040. The Morgan fingerprint density at radius 1 is 0.722 bits per heavy atom. The van der Waals surface area contributed by atoms with Crippen LogP contribution in [0.5, 0.6) is 0 Å². The number of benzene rings is 3. The van der Waals surface area contributed by atoms with Gasteiger partial charge in [-0.15, -0.1) is 0 Å². The van der Waals surface area contributed by atoms with Crippen molar-refractivity contribution in [2.24, 2.45) is 0 Å². The van der Waals surface area contributed by atoms with E-state index in [4.69, 9.17) is 23.7 Å². The zero-order chi connectivity index (χ0) is 24.6. The molecule has 0 unspecified atom stereocenters. The fraction of sp³-hybridized carbons (Fsp3) is 0.400. The van der Waals surface area contributed by atoms with Crippen molar-refractivity contribution in [3.8, 4) is 0 Å². The summed E-state index contributed by atoms with van der Waals surface area (Å²) in [5, 5.41) is 11.5. The Labute approximate surface area is 212 Å². The molecule has 5 atom stereocenters. The van der Waals surface area contributed by atoms with Crippen LogP contribution in [0.2, 0.25) is 0 Å². The van der Waals surface area contributed by atoms with E-state index in [0.29, 0.717) is 32.8 Å². The lowest BCUT2D eigenvalue weighted by molar-refractivity contribution is -0.362. The number of aliphatic hydroxyl groups excluding tert-OH is 1. The molecule has 190 valence electrons. The summed E-state index contributed by atoms with van der Waals surface area (Å²) >= 11 is 0. The molecule has 36 heavy (non-hydrogen) atoms. The average molecular weight is 491 g/mol. The molecule has 3 aromatic rings. The Hall–Kier alpha value is -2.58. The number of ether oxygens (including phenoxy) is 5. The Balaban J connectivity index is 1.36. The zero-order valence-electron chi connectivity index (χ0n) is 20.4. The molecule has 2 aliphatic rings. The molecule has 2 aliphatic heterocycles. The smallest absolute Gasteiger partial charge is 0.197 e. The number of aliphatic hydroxyl groups is 1. The van der Waals surface area contributed by atoms with Crippen molar-refractivity contribution < 1.29 is 28.8 Å². The molecule has 0 saturated carbocycles. The minimum absolute atomic E-state index is 0.289. The monoisotopic (exact) mass is 490 g/mol. The van der Waals surface area contributed by atoms with E-state index >= 15 is 0 Å². The summed E-state index contributed by atoms with van der Waals surface area (Å²) in [6, 6.07) is 29.9. The number of rotatable bonds is 10. The molecular weight excluding hydrogens is 456 g/mol. The predicted octanol–water partition coefficient (Wildman–Crippen LogP) is 4.64. The molecule has 1 N–H and O–H groups in total. The highest BCUT2D eigenvalue weighted by Crippen LogP contribution is 2.41. The fourth-order valence-corrected chi connectivity index (χ4v) is 4.91. The average Bonchev–Trinajstić information content (AvgIpc) is 3.40. The van der Waals surface area contributed by atoms with Gasteiger partial charge in [0.05, 0.1) is 33.0 Å². The van der Waals surface area contributed by atoms with Gasteiger partial charge in [-0.2, -0.15) is 0 Å². The summed E-state index contributed by atoms with van der Waals surface area (Å²) in [7, 11) is 0. The first kappa shape index (κ1) is 25.1. The van der Waals surface area contributed by atoms with Crippen molar-refractivity contribution in [3.05, 3.63) is 108 Å². The molecule has 2 fully saturated rings. The normalized spacial score (nSPS) is 27.9. The molecule has 0 bridgehead atoms. The van der Waals surface area contributed by atoms with Crippen molar-refractivity contribution in [2.45, 2.75) is 62.9 Å². The standard InChI is InChI=1S/C30H34O6/c31-29-28(34-21-25-15-8-3-9-16-25)27(33-20-24-13-6-2-7-14-24)26(36-30(29)17-10-18-35-30)22-32-19-23-11-4-1-5-12-23/h1-9,11-16,26-29,31H,10,17-22H2/t26-,27-,28+,29-,30+/m1/s1. The summed E-state index contributed by atoms with van der Waals surface area (Å²) in [5.74, 6) is -1.12. The Morgan fingerprint density at radius 2 is 1.25 bits per heavy atom. The van der Waals surface area contributed by atoms with Gasteiger partial charge in [-0.25, -0.2) is 0 Å². The predicted molar refractivity (Wildman–Crippen MR) is 135 cm³/mol. The van der Waals surface area contributed by atoms with Gasteiger partial charge in [0.25, 0.3) is 0 Å². The second-order valence-electron chi connectivity index (χ2n) is 9.39. The van der Waals surface area contributed by atoms with Crippen LogP contribution >= 0.6 is 0 Å². The molecule has 2 saturated heterocycles. The number of hydrogen-bond donors (Lipinski definition) is 1. The molecular formula is C30H34O6. The Morgan fingerprint density at radius 3 is 1.78 bits per heavy atom. The first-order valence-electron chi connectivity index (χ1n) is 12.7. The molecule has 1 spiro atoms. The molecule has 2 heterocycles. The van der Waals surface area contributed by atoms with Crippen LogP contribution in [0, 0.1) is 0 Å². The van der Waals surface area contributed by atoms with Crippen molar-refractivity contribution in [1.29, 1.82) is 0 Å². The van der Waals surface area contributed by atoms with Gasteiger partial charge in [0.1, 0.15) is 24.4 Å². The topological polar surface area (TPSA) is 66.4 Å². The molecule has 6 nitrogen and oxygen atoms in total. The van der Waals surface area contributed by atoms with E-state index in [2.05, 4.69) is 0 Å². The highest BCUT2D eigenvalue weighted by Gasteiger charge is 2.57. The van der Waals surface area contributed by atoms with Crippen LogP contribution in [0.4, 0.5) is 0 Å². The highest BCUT2D eigenvalue weighted by molar-refractivity contribution is 5.15. The summed E-state index contributed by atoms with van der Waals surface area (Å²) in [6.07, 6.45) is -1.24. The van der Waals surface area contributed by atoms with Crippen LogP contribution in [0.1, 0.15) is 29.5 Å². The maximum atomic E-state index is 11.5. The summed E-state index contributed by atoms with van der Waals surface area (Å²) in [5.41, 5.74) is 3.14. The summed E-state index contributed by atoms with van der Waals surface area (Å²) < 4.78 is 31.4. The van der Waals surface area contributed by atoms with E-state index in [0.717, 1.165) is 23.1 Å². The fourth-order valence-electron chi connectivity index (χ4n) is 4.91. The van der Waals surface area contributed by atoms with Gasteiger partial charge in [-0.1, -0.05) is 91.0 Å². The molecule has 6 heteroatoms. The van der Waals surface area contributed by atoms with Crippen LogP contribution in [0.25, 0.3) is 0 Å². The van der Waals surface area contributed by atoms with Crippen molar-refractivity contribution in [2.75, 3.05) is 13.2 Å². The molecule has 0 radical (unpaired) electrons. The maximum Gasteiger partial charge on any atom is 0.197 e. The minimum Gasteiger partial charge on any atom is -0.385 e. The van der Waals surface area contributed by atoms with E-state index in [-0.39, 0.29) is 6.61 Å². The third kappa shape index (κ3) is 6.03. The van der Waals surface area contributed by atoms with E-state index in [1.54, 1.807) is 0 Å². The second kappa shape index (κ2) is 12.1. The lowest BCUT2D eigenvalue weighted by atomic mass is 9.90. The molecule has 0 aliphatic carbocycles. The van der Waals surface area contributed by atoms with Gasteiger partial charge in [-0.05, 0) is 23.1 Å². The lowest BCUT2D eigenvalue weighted by Gasteiger charge is -2.49. The zero-order valence-corrected chi connectivity index (χ0v) is 20.4. The molecule has 0 aromatic heterocycles. The van der Waals surface area contributed by atoms with Gasteiger partial charge >= 0.3 is 0 Å². The van der Waals surface area contributed by atoms with Gasteiger partial charge in [-0.3, -0.25) is 0 Å². The minimum atomic E-state index is -1.12. The van der Waals surface area contributed by atoms with Gasteiger partial charge in [0.2, 0.25) is 0 Å². The summed E-state index contributed by atoms with van der Waals surface area (Å²) in [6.45, 7) is 2.00. The second-order valence-corrected chi connectivity index (χ2v) is 9.39. The van der Waals surface area contributed by atoms with Crippen molar-refractivity contribution in [1.82, 2.24) is 0 Å². The van der Waals surface area contributed by atoms with E-state index in [1.807, 2.05) is 91.0 Å². The third-order valence-electron chi connectivity index (χ3n) is 6.78. The first-order chi connectivity index (χ1) is 17.7. The van der Waals surface area contributed by atoms with Crippen LogP contribution in [-0.2, 0) is 43.5 Å². The quantitative estimate of drug-likeness (QED) is 0.447. The molecule has 3 aromatic carbocycles. The van der Waals surface area contributed by atoms with Gasteiger partial charge in [0.15, 0.2) is 5.79 Å². The van der Waals surface area contributed by atoms with Crippen LogP contribution in [0.3, 0.4) is 0 Å². The highest BCUT2D eigenvalue weighted by atomic mass is 16.7. The SMILES string of the molecule is O[C@@H]1[C@@H](OCc2ccccc2)[C@H](OCc2ccccc2)[C@@H](COCc2ccccc2)O[C@@]12CCCO2. The van der Waals surface area contributed by atoms with Crippen molar-refractivity contribution >= 4 is 0 Å². The summed E-state index contributed by atoms with van der Waals surface area (Å²) in [4.78, 5) is 0.